The van der Waals surface area contributed by atoms with Crippen LogP contribution in [0.3, 0.4) is 0 Å². The first-order valence-electron chi connectivity index (χ1n) is 5.76. The Hall–Kier alpha value is -0.120. The molecule has 0 unspecified atom stereocenters. The molecule has 1 fully saturated rings. The van der Waals surface area contributed by atoms with E-state index >= 15 is 0 Å². The Balaban J connectivity index is 0.000000364. The fraction of sp³-hybridized carbons (Fsp3) is 1.00. The van der Waals surface area contributed by atoms with Gasteiger partial charge in [0.05, 0.1) is 6.61 Å². The molecule has 1 rings (SSSR count). The maximum absolute atomic E-state index is 8.63. The summed E-state index contributed by atoms with van der Waals surface area (Å²) < 4.78 is 0. The van der Waals surface area contributed by atoms with E-state index in [1.165, 1.54) is 12.8 Å². The van der Waals surface area contributed by atoms with E-state index in [0.29, 0.717) is 6.61 Å². The molecule has 0 aromatic carbocycles. The Labute approximate surface area is 88.7 Å². The number of likely N-dealkylation sites (N-methyl/N-ethyl adjacent to an activating group) is 1. The van der Waals surface area contributed by atoms with Crippen molar-refractivity contribution in [2.24, 2.45) is 0 Å². The molecule has 1 aliphatic rings. The number of piperazine rings is 1. The number of rotatable bonds is 3. The SMILES string of the molecule is CCCC.CN1CCN(CCO)CC1. The highest BCUT2D eigenvalue weighted by molar-refractivity contribution is 4.68. The first kappa shape index (κ1) is 13.9. The van der Waals surface area contributed by atoms with Crippen molar-refractivity contribution in [2.75, 3.05) is 46.4 Å². The second-order valence-corrected chi connectivity index (χ2v) is 3.87. The largest absolute Gasteiger partial charge is 0.395 e. The summed E-state index contributed by atoms with van der Waals surface area (Å²) in [6.07, 6.45) is 2.64. The zero-order valence-corrected chi connectivity index (χ0v) is 10.00. The molecule has 0 aliphatic carbocycles. The lowest BCUT2D eigenvalue weighted by molar-refractivity contribution is 0.128. The molecule has 86 valence electrons. The number of hydrogen-bond donors (Lipinski definition) is 1. The van der Waals surface area contributed by atoms with Crippen molar-refractivity contribution in [1.29, 1.82) is 0 Å². The predicted octanol–water partition coefficient (Wildman–Crippen LogP) is 1.03. The van der Waals surface area contributed by atoms with Crippen molar-refractivity contribution in [3.63, 3.8) is 0 Å². The van der Waals surface area contributed by atoms with E-state index in [-0.39, 0.29) is 0 Å². The minimum absolute atomic E-state index is 0.295. The van der Waals surface area contributed by atoms with Crippen LogP contribution in [0.5, 0.6) is 0 Å². The van der Waals surface area contributed by atoms with Gasteiger partial charge in [-0.3, -0.25) is 4.90 Å². The third-order valence-electron chi connectivity index (χ3n) is 2.51. The van der Waals surface area contributed by atoms with E-state index in [9.17, 15) is 0 Å². The summed E-state index contributed by atoms with van der Waals surface area (Å²) >= 11 is 0. The Bertz CT molecular complexity index is 110. The highest BCUT2D eigenvalue weighted by Gasteiger charge is 2.11. The van der Waals surface area contributed by atoms with Gasteiger partial charge in [0.2, 0.25) is 0 Å². The quantitative estimate of drug-likeness (QED) is 0.740. The number of hydrogen-bond acceptors (Lipinski definition) is 3. The molecule has 14 heavy (non-hydrogen) atoms. The summed E-state index contributed by atoms with van der Waals surface area (Å²) in [6, 6.07) is 0. The van der Waals surface area contributed by atoms with Gasteiger partial charge in [0.1, 0.15) is 0 Å². The summed E-state index contributed by atoms with van der Waals surface area (Å²) in [5.74, 6) is 0. The Morgan fingerprint density at radius 2 is 1.50 bits per heavy atom. The maximum Gasteiger partial charge on any atom is 0.0558 e. The standard InChI is InChI=1S/C7H16N2O.C4H10/c1-8-2-4-9(5-3-8)6-7-10;1-3-4-2/h10H,2-7H2,1H3;3-4H2,1-2H3. The van der Waals surface area contributed by atoms with Crippen LogP contribution in [0, 0.1) is 0 Å². The minimum atomic E-state index is 0.295. The zero-order chi connectivity index (χ0) is 10.8. The Morgan fingerprint density at radius 1 is 1.00 bits per heavy atom. The smallest absolute Gasteiger partial charge is 0.0558 e. The van der Waals surface area contributed by atoms with Crippen LogP contribution < -0.4 is 0 Å². The summed E-state index contributed by atoms with van der Waals surface area (Å²) in [4.78, 5) is 4.61. The van der Waals surface area contributed by atoms with Crippen LogP contribution in [0.25, 0.3) is 0 Å². The van der Waals surface area contributed by atoms with Gasteiger partial charge in [-0.1, -0.05) is 26.7 Å². The van der Waals surface area contributed by atoms with Crippen molar-refractivity contribution < 1.29 is 5.11 Å². The van der Waals surface area contributed by atoms with Gasteiger partial charge in [-0.05, 0) is 7.05 Å². The van der Waals surface area contributed by atoms with Crippen LogP contribution in [0.1, 0.15) is 26.7 Å². The first-order valence-corrected chi connectivity index (χ1v) is 5.76. The van der Waals surface area contributed by atoms with E-state index < -0.39 is 0 Å². The lowest BCUT2D eigenvalue weighted by Gasteiger charge is -2.31. The number of unbranched alkanes of at least 4 members (excludes halogenated alkanes) is 1. The molecule has 0 aromatic rings. The van der Waals surface area contributed by atoms with E-state index in [4.69, 9.17) is 5.11 Å². The highest BCUT2D eigenvalue weighted by atomic mass is 16.3. The van der Waals surface area contributed by atoms with Crippen LogP contribution in [0.15, 0.2) is 0 Å². The molecule has 1 N–H and O–H groups in total. The molecular weight excluding hydrogens is 176 g/mol. The molecule has 0 amide bonds. The van der Waals surface area contributed by atoms with E-state index in [1.807, 2.05) is 0 Å². The molecule has 0 saturated carbocycles. The number of aliphatic hydroxyl groups excluding tert-OH is 1. The maximum atomic E-state index is 8.63. The zero-order valence-electron chi connectivity index (χ0n) is 10.00. The van der Waals surface area contributed by atoms with Gasteiger partial charge in [-0.15, -0.1) is 0 Å². The van der Waals surface area contributed by atoms with Gasteiger partial charge < -0.3 is 10.0 Å². The molecule has 1 aliphatic heterocycles. The third-order valence-corrected chi connectivity index (χ3v) is 2.51. The molecule has 0 aromatic heterocycles. The van der Waals surface area contributed by atoms with Gasteiger partial charge in [-0.25, -0.2) is 0 Å². The molecule has 0 bridgehead atoms. The van der Waals surface area contributed by atoms with Gasteiger partial charge in [-0.2, -0.15) is 0 Å². The van der Waals surface area contributed by atoms with E-state index in [1.54, 1.807) is 0 Å². The summed E-state index contributed by atoms with van der Waals surface area (Å²) in [6.45, 7) is 9.99. The number of nitrogens with zero attached hydrogens (tertiary/aromatic N) is 2. The number of β-amino-alcohol motifs (C(OH)–C–C–N with tert-alkyl or cyclic N) is 1. The Kier molecular flexibility index (Phi) is 9.35. The summed E-state index contributed by atoms with van der Waals surface area (Å²) in [5, 5.41) is 8.63. The summed E-state index contributed by atoms with van der Waals surface area (Å²) in [5.41, 5.74) is 0. The van der Waals surface area contributed by atoms with Gasteiger partial charge in [0.15, 0.2) is 0 Å². The normalized spacial score (nSPS) is 18.9. The summed E-state index contributed by atoms with van der Waals surface area (Å²) in [7, 11) is 2.14. The molecule has 0 spiro atoms. The van der Waals surface area contributed by atoms with Crippen LogP contribution >= 0.6 is 0 Å². The molecule has 3 heteroatoms. The number of aliphatic hydroxyl groups is 1. The third kappa shape index (κ3) is 7.30. The minimum Gasteiger partial charge on any atom is -0.395 e. The van der Waals surface area contributed by atoms with E-state index in [2.05, 4.69) is 30.7 Å². The van der Waals surface area contributed by atoms with Crippen molar-refractivity contribution in [3.8, 4) is 0 Å². The molecule has 0 radical (unpaired) electrons. The van der Waals surface area contributed by atoms with Crippen molar-refractivity contribution in [1.82, 2.24) is 9.80 Å². The van der Waals surface area contributed by atoms with Gasteiger partial charge in [0, 0.05) is 32.7 Å². The van der Waals surface area contributed by atoms with Crippen LogP contribution in [0.4, 0.5) is 0 Å². The van der Waals surface area contributed by atoms with Crippen LogP contribution in [0.2, 0.25) is 0 Å². The monoisotopic (exact) mass is 202 g/mol. The predicted molar refractivity (Wildman–Crippen MR) is 61.6 cm³/mol. The average Bonchev–Trinajstić information content (AvgIpc) is 2.22. The van der Waals surface area contributed by atoms with E-state index in [0.717, 1.165) is 32.7 Å². The molecule has 1 saturated heterocycles. The van der Waals surface area contributed by atoms with Crippen molar-refractivity contribution in [2.45, 2.75) is 26.7 Å². The fourth-order valence-corrected chi connectivity index (χ4v) is 1.21. The highest BCUT2D eigenvalue weighted by Crippen LogP contribution is 1.96. The van der Waals surface area contributed by atoms with Crippen LogP contribution in [-0.4, -0.2) is 61.3 Å². The topological polar surface area (TPSA) is 26.7 Å². The lowest BCUT2D eigenvalue weighted by Crippen LogP contribution is -2.45. The molecule has 3 nitrogen and oxygen atoms in total. The molecule has 1 heterocycles. The van der Waals surface area contributed by atoms with Gasteiger partial charge >= 0.3 is 0 Å². The molecule has 0 atom stereocenters. The van der Waals surface area contributed by atoms with Crippen LogP contribution in [-0.2, 0) is 0 Å². The lowest BCUT2D eigenvalue weighted by atomic mass is 10.3. The average molecular weight is 202 g/mol. The van der Waals surface area contributed by atoms with Gasteiger partial charge in [0.25, 0.3) is 0 Å². The first-order chi connectivity index (χ1) is 6.74. The second-order valence-electron chi connectivity index (χ2n) is 3.87. The second kappa shape index (κ2) is 9.44. The van der Waals surface area contributed by atoms with Crippen molar-refractivity contribution >= 4 is 0 Å². The Morgan fingerprint density at radius 3 is 1.86 bits per heavy atom. The molecular formula is C11H26N2O. The van der Waals surface area contributed by atoms with Crippen molar-refractivity contribution in [3.05, 3.63) is 0 Å². The fourth-order valence-electron chi connectivity index (χ4n) is 1.21.